The summed E-state index contributed by atoms with van der Waals surface area (Å²) in [4.78, 5) is 11.6. The van der Waals surface area contributed by atoms with Crippen LogP contribution in [0.3, 0.4) is 0 Å². The van der Waals surface area contributed by atoms with Crippen LogP contribution in [0.5, 0.6) is 5.75 Å². The first-order valence-corrected chi connectivity index (χ1v) is 9.95. The van der Waals surface area contributed by atoms with Crippen molar-refractivity contribution < 1.29 is 9.53 Å². The second kappa shape index (κ2) is 9.21. The smallest absolute Gasteiger partial charge is 0.160 e. The fourth-order valence-electron chi connectivity index (χ4n) is 3.55. The molecule has 0 saturated carbocycles. The average molecular weight is 367 g/mol. The van der Waals surface area contributed by atoms with E-state index in [1.807, 2.05) is 25.1 Å². The van der Waals surface area contributed by atoms with Crippen molar-refractivity contribution in [3.05, 3.63) is 65.2 Å². The molecule has 0 aliphatic carbocycles. The largest absolute Gasteiger partial charge is 0.493 e. The third-order valence-electron chi connectivity index (χ3n) is 5.35. The lowest BCUT2D eigenvalue weighted by Crippen LogP contribution is -2.26. The van der Waals surface area contributed by atoms with E-state index in [2.05, 4.69) is 58.0 Å². The lowest BCUT2D eigenvalue weighted by Gasteiger charge is -2.33. The summed E-state index contributed by atoms with van der Waals surface area (Å²) >= 11 is 0. The zero-order valence-corrected chi connectivity index (χ0v) is 17.7. The molecule has 27 heavy (non-hydrogen) atoms. The molecular weight excluding hydrogens is 332 g/mol. The molecule has 0 N–H and O–H groups in total. The lowest BCUT2D eigenvalue weighted by molar-refractivity contribution is 0.101. The van der Waals surface area contributed by atoms with Crippen molar-refractivity contribution in [2.45, 2.75) is 54.4 Å². The maximum absolute atomic E-state index is 11.6. The van der Waals surface area contributed by atoms with Crippen LogP contribution in [0.25, 0.3) is 0 Å². The molecule has 2 nitrogen and oxygen atoms in total. The highest BCUT2D eigenvalue weighted by atomic mass is 16.5. The number of carbonyl (C=O) groups is 1. The van der Waals surface area contributed by atoms with Crippen LogP contribution in [-0.2, 0) is 6.42 Å². The van der Waals surface area contributed by atoms with Crippen LogP contribution in [0.15, 0.2) is 48.5 Å². The predicted molar refractivity (Wildman–Crippen MR) is 114 cm³/mol. The van der Waals surface area contributed by atoms with Gasteiger partial charge in [0, 0.05) is 5.56 Å². The van der Waals surface area contributed by atoms with Crippen molar-refractivity contribution in [1.29, 1.82) is 0 Å². The van der Waals surface area contributed by atoms with Gasteiger partial charge in [-0.3, -0.25) is 4.79 Å². The third kappa shape index (κ3) is 6.53. The summed E-state index contributed by atoms with van der Waals surface area (Å²) in [6.07, 6.45) is 2.23. The van der Waals surface area contributed by atoms with Gasteiger partial charge in [0.25, 0.3) is 0 Å². The Bertz CT molecular complexity index is 741. The average Bonchev–Trinajstić information content (AvgIpc) is 2.59. The molecule has 146 valence electrons. The van der Waals surface area contributed by atoms with Gasteiger partial charge in [0.1, 0.15) is 5.75 Å². The summed E-state index contributed by atoms with van der Waals surface area (Å²) in [7, 11) is 0. The molecule has 0 aromatic heterocycles. The Morgan fingerprint density at radius 3 is 2.30 bits per heavy atom. The number of hydrogen-bond acceptors (Lipinski definition) is 2. The minimum Gasteiger partial charge on any atom is -0.493 e. The molecule has 2 rings (SSSR count). The zero-order chi connectivity index (χ0) is 20.0. The third-order valence-corrected chi connectivity index (χ3v) is 5.35. The van der Waals surface area contributed by atoms with E-state index in [0.29, 0.717) is 18.4 Å². The first-order chi connectivity index (χ1) is 12.7. The monoisotopic (exact) mass is 366 g/mol. The minimum absolute atomic E-state index is 0.0985. The highest BCUT2D eigenvalue weighted by Crippen LogP contribution is 2.34. The highest BCUT2D eigenvalue weighted by molar-refractivity contribution is 5.95. The number of ether oxygens (including phenoxy) is 1. The SMILES string of the molecule is CC(=O)c1ccc(OCC(C)CC(Cc2ccccc2)C(C)(C)C)cc1C. The lowest BCUT2D eigenvalue weighted by atomic mass is 9.73. The molecule has 0 spiro atoms. The van der Waals surface area contributed by atoms with Gasteiger partial charge in [0.2, 0.25) is 0 Å². The molecule has 0 amide bonds. The summed E-state index contributed by atoms with van der Waals surface area (Å²) in [6.45, 7) is 13.5. The van der Waals surface area contributed by atoms with Crippen molar-refractivity contribution in [3.63, 3.8) is 0 Å². The number of Topliss-reactive ketones (excluding diaryl/α,β-unsaturated/α-hetero) is 1. The van der Waals surface area contributed by atoms with E-state index in [1.54, 1.807) is 6.92 Å². The fourth-order valence-corrected chi connectivity index (χ4v) is 3.55. The Hall–Kier alpha value is -2.09. The molecule has 2 aromatic carbocycles. The number of aryl methyl sites for hydroxylation is 1. The molecule has 0 radical (unpaired) electrons. The molecule has 0 fully saturated rings. The maximum atomic E-state index is 11.6. The number of ketones is 1. The van der Waals surface area contributed by atoms with Crippen molar-refractivity contribution in [2.24, 2.45) is 17.3 Å². The standard InChI is InChI=1S/C25H34O2/c1-18(17-27-23-12-13-24(20(3)26)19(2)15-23)14-22(25(4,5)6)16-21-10-8-7-9-11-21/h7-13,15,18,22H,14,16-17H2,1-6H3. The van der Waals surface area contributed by atoms with Gasteiger partial charge in [0.15, 0.2) is 5.78 Å². The molecular formula is C25H34O2. The Kier molecular flexibility index (Phi) is 7.24. The van der Waals surface area contributed by atoms with Crippen LogP contribution in [-0.4, -0.2) is 12.4 Å². The van der Waals surface area contributed by atoms with Crippen molar-refractivity contribution in [2.75, 3.05) is 6.61 Å². The number of benzene rings is 2. The Labute approximate surface area is 165 Å². The molecule has 2 aromatic rings. The Morgan fingerprint density at radius 1 is 1.07 bits per heavy atom. The molecule has 0 aliphatic heterocycles. The highest BCUT2D eigenvalue weighted by Gasteiger charge is 2.26. The van der Waals surface area contributed by atoms with E-state index < -0.39 is 0 Å². The summed E-state index contributed by atoms with van der Waals surface area (Å²) in [6, 6.07) is 16.5. The van der Waals surface area contributed by atoms with E-state index in [4.69, 9.17) is 4.74 Å². The number of rotatable bonds is 8. The fraction of sp³-hybridized carbons (Fsp3) is 0.480. The molecule has 0 saturated heterocycles. The van der Waals surface area contributed by atoms with Crippen molar-refractivity contribution in [3.8, 4) is 5.75 Å². The quantitative estimate of drug-likeness (QED) is 0.498. The van der Waals surface area contributed by atoms with Crippen LogP contribution >= 0.6 is 0 Å². The van der Waals surface area contributed by atoms with E-state index >= 15 is 0 Å². The van der Waals surface area contributed by atoms with Gasteiger partial charge in [-0.2, -0.15) is 0 Å². The first-order valence-electron chi connectivity index (χ1n) is 9.95. The van der Waals surface area contributed by atoms with Crippen LogP contribution in [0.2, 0.25) is 0 Å². The molecule has 0 aliphatic rings. The maximum Gasteiger partial charge on any atom is 0.160 e. The first kappa shape index (κ1) is 21.2. The van der Waals surface area contributed by atoms with E-state index in [1.165, 1.54) is 5.56 Å². The van der Waals surface area contributed by atoms with E-state index in [-0.39, 0.29) is 11.2 Å². The molecule has 2 heteroatoms. The van der Waals surface area contributed by atoms with Gasteiger partial charge in [-0.15, -0.1) is 0 Å². The van der Waals surface area contributed by atoms with E-state index in [0.717, 1.165) is 29.7 Å². The van der Waals surface area contributed by atoms with Crippen LogP contribution in [0.1, 0.15) is 62.5 Å². The van der Waals surface area contributed by atoms with Gasteiger partial charge < -0.3 is 4.74 Å². The van der Waals surface area contributed by atoms with Gasteiger partial charge in [-0.1, -0.05) is 58.0 Å². The Balaban J connectivity index is 1.96. The van der Waals surface area contributed by atoms with Crippen molar-refractivity contribution >= 4 is 5.78 Å². The normalized spacial score (nSPS) is 13.9. The summed E-state index contributed by atoms with van der Waals surface area (Å²) in [5, 5.41) is 0. The van der Waals surface area contributed by atoms with Crippen LogP contribution < -0.4 is 4.74 Å². The summed E-state index contributed by atoms with van der Waals surface area (Å²) in [5.74, 6) is 2.01. The second-order valence-corrected chi connectivity index (χ2v) is 8.94. The topological polar surface area (TPSA) is 26.3 Å². The Morgan fingerprint density at radius 2 is 1.74 bits per heavy atom. The molecule has 0 bridgehead atoms. The summed E-state index contributed by atoms with van der Waals surface area (Å²) < 4.78 is 6.04. The van der Waals surface area contributed by atoms with Gasteiger partial charge in [-0.25, -0.2) is 0 Å². The number of hydrogen-bond donors (Lipinski definition) is 0. The van der Waals surface area contributed by atoms with Gasteiger partial charge in [-0.05, 0) is 73.3 Å². The van der Waals surface area contributed by atoms with E-state index in [9.17, 15) is 4.79 Å². The predicted octanol–water partition coefficient (Wildman–Crippen LogP) is 6.51. The molecule has 2 atom stereocenters. The summed E-state index contributed by atoms with van der Waals surface area (Å²) in [5.41, 5.74) is 3.40. The molecule has 2 unspecified atom stereocenters. The molecule has 0 heterocycles. The van der Waals surface area contributed by atoms with Crippen LogP contribution in [0, 0.1) is 24.2 Å². The number of carbonyl (C=O) groups excluding carboxylic acids is 1. The van der Waals surface area contributed by atoms with Gasteiger partial charge in [0.05, 0.1) is 6.61 Å². The van der Waals surface area contributed by atoms with Crippen molar-refractivity contribution in [1.82, 2.24) is 0 Å². The zero-order valence-electron chi connectivity index (χ0n) is 17.7. The minimum atomic E-state index is 0.0985. The van der Waals surface area contributed by atoms with Crippen LogP contribution in [0.4, 0.5) is 0 Å². The van der Waals surface area contributed by atoms with Gasteiger partial charge >= 0.3 is 0 Å². The second-order valence-electron chi connectivity index (χ2n) is 8.94.